The standard InChI is InChI=1S/C14H24N4O3/c1-13(2,3)21-12(19)15-7-14(8-20-4)11-10(5-6-18-14)16-9-17-11/h9,18H,5-8H2,1-4H3,(H,15,19)(H,16,17). The van der Waals surface area contributed by atoms with Crippen molar-refractivity contribution in [2.45, 2.75) is 38.3 Å². The van der Waals surface area contributed by atoms with Crippen molar-refractivity contribution < 1.29 is 14.3 Å². The summed E-state index contributed by atoms with van der Waals surface area (Å²) in [6.07, 6.45) is 2.12. The minimum Gasteiger partial charge on any atom is -0.444 e. The van der Waals surface area contributed by atoms with Gasteiger partial charge in [-0.25, -0.2) is 9.78 Å². The first-order valence-electron chi connectivity index (χ1n) is 7.10. The molecule has 1 aliphatic rings. The van der Waals surface area contributed by atoms with Crippen molar-refractivity contribution in [3.8, 4) is 0 Å². The fraction of sp³-hybridized carbons (Fsp3) is 0.714. The molecule has 0 radical (unpaired) electrons. The molecule has 0 aliphatic carbocycles. The predicted molar refractivity (Wildman–Crippen MR) is 78.1 cm³/mol. The van der Waals surface area contributed by atoms with E-state index >= 15 is 0 Å². The van der Waals surface area contributed by atoms with Gasteiger partial charge in [0.2, 0.25) is 0 Å². The van der Waals surface area contributed by atoms with Gasteiger partial charge in [-0.1, -0.05) is 0 Å². The predicted octanol–water partition coefficient (Wildman–Crippen LogP) is 0.922. The van der Waals surface area contributed by atoms with Gasteiger partial charge in [0.1, 0.15) is 11.1 Å². The van der Waals surface area contributed by atoms with Crippen LogP contribution in [0.3, 0.4) is 0 Å². The quantitative estimate of drug-likeness (QED) is 0.769. The van der Waals surface area contributed by atoms with Crippen molar-refractivity contribution >= 4 is 6.09 Å². The van der Waals surface area contributed by atoms with Gasteiger partial charge in [-0.05, 0) is 20.8 Å². The molecular weight excluding hydrogens is 272 g/mol. The van der Waals surface area contributed by atoms with Gasteiger partial charge in [0.25, 0.3) is 0 Å². The summed E-state index contributed by atoms with van der Waals surface area (Å²) in [7, 11) is 1.64. The van der Waals surface area contributed by atoms with Crippen LogP contribution in [0.4, 0.5) is 4.79 Å². The van der Waals surface area contributed by atoms with E-state index in [-0.39, 0.29) is 0 Å². The Morgan fingerprint density at radius 1 is 1.52 bits per heavy atom. The van der Waals surface area contributed by atoms with E-state index in [1.807, 2.05) is 20.8 Å². The van der Waals surface area contributed by atoms with Crippen LogP contribution in [0, 0.1) is 0 Å². The summed E-state index contributed by atoms with van der Waals surface area (Å²) in [6.45, 7) is 7.08. The lowest BCUT2D eigenvalue weighted by atomic mass is 9.90. The lowest BCUT2D eigenvalue weighted by Crippen LogP contribution is -2.57. The average molecular weight is 296 g/mol. The zero-order valence-corrected chi connectivity index (χ0v) is 13.1. The molecule has 0 spiro atoms. The molecule has 1 unspecified atom stereocenters. The highest BCUT2D eigenvalue weighted by atomic mass is 16.6. The van der Waals surface area contributed by atoms with Crippen LogP contribution in [-0.2, 0) is 21.4 Å². The Hall–Kier alpha value is -1.60. The first-order valence-corrected chi connectivity index (χ1v) is 7.10. The summed E-state index contributed by atoms with van der Waals surface area (Å²) >= 11 is 0. The molecule has 2 heterocycles. The number of carbonyl (C=O) groups excluding carboxylic acids is 1. The van der Waals surface area contributed by atoms with E-state index in [1.54, 1.807) is 13.4 Å². The Balaban J connectivity index is 2.09. The number of carbonyl (C=O) groups is 1. The maximum absolute atomic E-state index is 11.9. The number of amides is 1. The maximum atomic E-state index is 11.9. The average Bonchev–Trinajstić information content (AvgIpc) is 2.85. The number of alkyl carbamates (subject to hydrolysis) is 1. The number of aromatic nitrogens is 2. The van der Waals surface area contributed by atoms with Crippen molar-refractivity contribution in [1.82, 2.24) is 20.6 Å². The summed E-state index contributed by atoms with van der Waals surface area (Å²) in [5.41, 5.74) is 0.929. The molecular formula is C14H24N4O3. The number of nitrogens with one attached hydrogen (secondary N) is 3. The van der Waals surface area contributed by atoms with E-state index in [0.29, 0.717) is 13.2 Å². The third-order valence-corrected chi connectivity index (χ3v) is 3.33. The van der Waals surface area contributed by atoms with Crippen LogP contribution < -0.4 is 10.6 Å². The van der Waals surface area contributed by atoms with E-state index in [2.05, 4.69) is 20.6 Å². The van der Waals surface area contributed by atoms with Gasteiger partial charge in [-0.2, -0.15) is 0 Å². The molecule has 1 amide bonds. The Morgan fingerprint density at radius 3 is 2.95 bits per heavy atom. The largest absolute Gasteiger partial charge is 0.444 e. The minimum absolute atomic E-state index is 0.355. The summed E-state index contributed by atoms with van der Waals surface area (Å²) in [5, 5.41) is 6.22. The maximum Gasteiger partial charge on any atom is 0.407 e. The number of methoxy groups -OCH3 is 1. The SMILES string of the molecule is COCC1(CNC(=O)OC(C)(C)C)NCCc2[nH]cnc21. The van der Waals surface area contributed by atoms with Crippen LogP contribution in [0.2, 0.25) is 0 Å². The van der Waals surface area contributed by atoms with Crippen LogP contribution in [-0.4, -0.2) is 48.5 Å². The van der Waals surface area contributed by atoms with Gasteiger partial charge in [-0.3, -0.25) is 0 Å². The van der Waals surface area contributed by atoms with Crippen molar-refractivity contribution in [2.75, 3.05) is 26.8 Å². The van der Waals surface area contributed by atoms with Crippen LogP contribution in [0.25, 0.3) is 0 Å². The van der Waals surface area contributed by atoms with Gasteiger partial charge in [0, 0.05) is 32.3 Å². The van der Waals surface area contributed by atoms with E-state index in [9.17, 15) is 4.79 Å². The number of hydrogen-bond donors (Lipinski definition) is 3. The Bertz CT molecular complexity index is 495. The molecule has 1 atom stereocenters. The molecule has 1 aromatic rings. The summed E-state index contributed by atoms with van der Waals surface area (Å²) in [6, 6.07) is 0. The summed E-state index contributed by atoms with van der Waals surface area (Å²) in [5.74, 6) is 0. The fourth-order valence-electron chi connectivity index (χ4n) is 2.53. The monoisotopic (exact) mass is 296 g/mol. The molecule has 0 saturated carbocycles. The van der Waals surface area contributed by atoms with Crippen LogP contribution in [0.5, 0.6) is 0 Å². The topological polar surface area (TPSA) is 88.3 Å². The Morgan fingerprint density at radius 2 is 2.29 bits per heavy atom. The van der Waals surface area contributed by atoms with Gasteiger partial charge in [0.15, 0.2) is 0 Å². The second-order valence-electron chi connectivity index (χ2n) is 6.28. The van der Waals surface area contributed by atoms with E-state index < -0.39 is 17.2 Å². The number of aromatic amines is 1. The van der Waals surface area contributed by atoms with Crippen molar-refractivity contribution in [3.05, 3.63) is 17.7 Å². The number of rotatable bonds is 4. The van der Waals surface area contributed by atoms with Gasteiger partial charge >= 0.3 is 6.09 Å². The highest BCUT2D eigenvalue weighted by Gasteiger charge is 2.39. The molecule has 7 nitrogen and oxygen atoms in total. The Labute approximate surface area is 124 Å². The smallest absolute Gasteiger partial charge is 0.407 e. The second kappa shape index (κ2) is 6.03. The zero-order valence-electron chi connectivity index (χ0n) is 13.1. The van der Waals surface area contributed by atoms with Gasteiger partial charge in [-0.15, -0.1) is 0 Å². The third kappa shape index (κ3) is 3.74. The highest BCUT2D eigenvalue weighted by molar-refractivity contribution is 5.67. The molecule has 7 heteroatoms. The number of imidazole rings is 1. The normalized spacial score (nSPS) is 21.7. The Kier molecular flexibility index (Phi) is 4.53. The molecule has 1 aliphatic heterocycles. The molecule has 2 rings (SSSR count). The third-order valence-electron chi connectivity index (χ3n) is 3.33. The number of fused-ring (bicyclic) bond motifs is 1. The zero-order chi connectivity index (χ0) is 15.5. The number of nitrogens with zero attached hydrogens (tertiary/aromatic N) is 1. The highest BCUT2D eigenvalue weighted by Crippen LogP contribution is 2.26. The van der Waals surface area contributed by atoms with E-state index in [1.165, 1.54) is 0 Å². The fourth-order valence-corrected chi connectivity index (χ4v) is 2.53. The molecule has 0 aromatic carbocycles. The van der Waals surface area contributed by atoms with Crippen molar-refractivity contribution in [3.63, 3.8) is 0 Å². The molecule has 21 heavy (non-hydrogen) atoms. The lowest BCUT2D eigenvalue weighted by Gasteiger charge is -2.37. The minimum atomic E-state index is -0.529. The summed E-state index contributed by atoms with van der Waals surface area (Å²) < 4.78 is 10.6. The van der Waals surface area contributed by atoms with Crippen molar-refractivity contribution in [2.24, 2.45) is 0 Å². The number of hydrogen-bond acceptors (Lipinski definition) is 5. The first-order chi connectivity index (χ1) is 9.86. The summed E-state index contributed by atoms with van der Waals surface area (Å²) in [4.78, 5) is 19.4. The first kappa shape index (κ1) is 15.8. The molecule has 0 fully saturated rings. The lowest BCUT2D eigenvalue weighted by molar-refractivity contribution is 0.0465. The van der Waals surface area contributed by atoms with Crippen molar-refractivity contribution in [1.29, 1.82) is 0 Å². The van der Waals surface area contributed by atoms with Crippen LogP contribution in [0.15, 0.2) is 6.33 Å². The van der Waals surface area contributed by atoms with Crippen LogP contribution in [0.1, 0.15) is 32.2 Å². The van der Waals surface area contributed by atoms with E-state index in [0.717, 1.165) is 24.4 Å². The molecule has 1 aromatic heterocycles. The second-order valence-corrected chi connectivity index (χ2v) is 6.28. The number of H-pyrrole nitrogens is 1. The van der Waals surface area contributed by atoms with Crippen LogP contribution >= 0.6 is 0 Å². The molecule has 0 bridgehead atoms. The van der Waals surface area contributed by atoms with E-state index in [4.69, 9.17) is 9.47 Å². The molecule has 3 N–H and O–H groups in total. The van der Waals surface area contributed by atoms with Gasteiger partial charge < -0.3 is 25.1 Å². The van der Waals surface area contributed by atoms with Gasteiger partial charge in [0.05, 0.1) is 18.6 Å². The number of ether oxygens (including phenoxy) is 2. The molecule has 118 valence electrons. The molecule has 0 saturated heterocycles.